The van der Waals surface area contributed by atoms with Gasteiger partial charge >= 0.3 is 0 Å². The zero-order valence-electron chi connectivity index (χ0n) is 14.2. The van der Waals surface area contributed by atoms with Crippen molar-refractivity contribution in [2.24, 2.45) is 7.05 Å². The van der Waals surface area contributed by atoms with Crippen LogP contribution in [0.5, 0.6) is 0 Å². The zero-order chi connectivity index (χ0) is 17.8. The third-order valence-electron chi connectivity index (χ3n) is 4.07. The summed E-state index contributed by atoms with van der Waals surface area (Å²) < 4.78 is 8.50. The fourth-order valence-electron chi connectivity index (χ4n) is 2.68. The van der Waals surface area contributed by atoms with Gasteiger partial charge in [0.2, 0.25) is 0 Å². The summed E-state index contributed by atoms with van der Waals surface area (Å²) in [4.78, 5) is 24.9. The minimum atomic E-state index is -0.245. The van der Waals surface area contributed by atoms with E-state index >= 15 is 0 Å². The Kier molecular flexibility index (Phi) is 4.85. The maximum atomic E-state index is 12.7. The number of carbonyl (C=O) groups excluding carboxylic acids is 1. The van der Waals surface area contributed by atoms with Crippen molar-refractivity contribution in [2.45, 2.75) is 13.5 Å². The third kappa shape index (κ3) is 3.56. The molecule has 0 spiro atoms. The third-order valence-corrected chi connectivity index (χ3v) is 4.07. The molecular weight excluding hydrogens is 320 g/mol. The van der Waals surface area contributed by atoms with Gasteiger partial charge in [-0.25, -0.2) is 4.68 Å². The van der Waals surface area contributed by atoms with Crippen molar-refractivity contribution in [3.05, 3.63) is 70.5 Å². The van der Waals surface area contributed by atoms with E-state index in [1.807, 2.05) is 54.7 Å². The monoisotopic (exact) mass is 341 g/mol. The fraction of sp³-hybridized carbons (Fsp3) is 0.222. The van der Waals surface area contributed by atoms with Gasteiger partial charge in [0.15, 0.2) is 12.3 Å². The van der Waals surface area contributed by atoms with Crippen LogP contribution in [0.2, 0.25) is 0 Å². The lowest BCUT2D eigenvalue weighted by atomic mass is 10.3. The number of carbonyl (C=O) groups is 1. The van der Waals surface area contributed by atoms with Crippen LogP contribution in [0.15, 0.2) is 57.9 Å². The highest BCUT2D eigenvalue weighted by Crippen LogP contribution is 2.13. The van der Waals surface area contributed by atoms with Crippen LogP contribution in [-0.4, -0.2) is 21.8 Å². The van der Waals surface area contributed by atoms with Gasteiger partial charge in [-0.2, -0.15) is 0 Å². The van der Waals surface area contributed by atoms with Crippen molar-refractivity contribution in [1.29, 1.82) is 0 Å². The second kappa shape index (κ2) is 7.23. The topological polar surface area (TPSA) is 85.8 Å². The predicted molar refractivity (Wildman–Crippen MR) is 93.6 cm³/mol. The van der Waals surface area contributed by atoms with Crippen molar-refractivity contribution < 1.29 is 14.5 Å². The van der Waals surface area contributed by atoms with Crippen LogP contribution in [0.1, 0.15) is 11.5 Å². The summed E-state index contributed by atoms with van der Waals surface area (Å²) >= 11 is 0. The number of anilines is 1. The number of hydrogen-bond donors (Lipinski definition) is 2. The Morgan fingerprint density at radius 1 is 1.20 bits per heavy atom. The van der Waals surface area contributed by atoms with Crippen LogP contribution in [0.4, 0.5) is 5.69 Å². The smallest absolute Gasteiger partial charge is 0.295 e. The molecule has 0 aliphatic rings. The van der Waals surface area contributed by atoms with E-state index in [0.717, 1.165) is 11.4 Å². The van der Waals surface area contributed by atoms with Crippen molar-refractivity contribution >= 4 is 11.6 Å². The number of furan rings is 1. The van der Waals surface area contributed by atoms with Gasteiger partial charge < -0.3 is 15.1 Å². The molecule has 0 atom stereocenters. The lowest BCUT2D eigenvalue weighted by Crippen LogP contribution is -2.84. The summed E-state index contributed by atoms with van der Waals surface area (Å²) in [5.74, 6) is 0.577. The summed E-state index contributed by atoms with van der Waals surface area (Å²) in [5.41, 5.74) is 1.52. The second-order valence-corrected chi connectivity index (χ2v) is 5.76. The van der Waals surface area contributed by atoms with E-state index in [1.165, 1.54) is 4.68 Å². The quantitative estimate of drug-likeness (QED) is 0.695. The number of amides is 1. The Morgan fingerprint density at radius 2 is 1.96 bits per heavy atom. The molecule has 3 aromatic rings. The van der Waals surface area contributed by atoms with Crippen molar-refractivity contribution in [3.63, 3.8) is 0 Å². The Bertz CT molecular complexity index is 908. The van der Waals surface area contributed by atoms with Crippen LogP contribution in [-0.2, 0) is 18.4 Å². The highest BCUT2D eigenvalue weighted by atomic mass is 16.3. The molecule has 2 aromatic heterocycles. The number of nitrogens with one attached hydrogen (secondary N) is 1. The van der Waals surface area contributed by atoms with Gasteiger partial charge in [-0.05, 0) is 31.2 Å². The molecule has 0 bridgehead atoms. The number of hydrogen-bond acceptors (Lipinski definition) is 3. The van der Waals surface area contributed by atoms with E-state index in [2.05, 4.69) is 5.32 Å². The highest BCUT2D eigenvalue weighted by molar-refractivity contribution is 5.91. The first-order chi connectivity index (χ1) is 12.1. The second-order valence-electron chi connectivity index (χ2n) is 5.76. The number of nitrogens with two attached hydrogens (primary N) is 1. The van der Waals surface area contributed by atoms with Crippen molar-refractivity contribution in [2.75, 3.05) is 11.9 Å². The first-order valence-electron chi connectivity index (χ1n) is 8.06. The molecule has 1 aromatic carbocycles. The molecule has 0 saturated carbocycles. The van der Waals surface area contributed by atoms with Gasteiger partial charge in [0, 0.05) is 7.05 Å². The molecule has 0 radical (unpaired) electrons. The number of nitrogens with zero attached hydrogens (tertiary/aromatic N) is 2. The normalized spacial score (nSPS) is 10.8. The molecule has 7 nitrogen and oxygen atoms in total. The molecule has 3 N–H and O–H groups in total. The molecule has 0 aliphatic heterocycles. The van der Waals surface area contributed by atoms with E-state index in [1.54, 1.807) is 18.0 Å². The Labute approximate surface area is 144 Å². The SMILES string of the molecule is Cc1c(NC(=O)C[NH2+]Cc2ccco2)c(=O)n(-c2ccccc2)n1C. The minimum absolute atomic E-state index is 0.208. The number of quaternary nitrogens is 1. The van der Waals surface area contributed by atoms with E-state index in [-0.39, 0.29) is 18.0 Å². The Hall–Kier alpha value is -3.06. The van der Waals surface area contributed by atoms with Crippen molar-refractivity contribution in [1.82, 2.24) is 9.36 Å². The Morgan fingerprint density at radius 3 is 2.64 bits per heavy atom. The molecule has 0 fully saturated rings. The molecule has 0 saturated heterocycles. The van der Waals surface area contributed by atoms with Gasteiger partial charge in [0.1, 0.15) is 12.2 Å². The lowest BCUT2D eigenvalue weighted by Gasteiger charge is -2.07. The summed E-state index contributed by atoms with van der Waals surface area (Å²) in [5, 5.41) is 4.56. The average Bonchev–Trinajstić information content (AvgIpc) is 3.19. The van der Waals surface area contributed by atoms with E-state index in [0.29, 0.717) is 17.9 Å². The van der Waals surface area contributed by atoms with Crippen LogP contribution >= 0.6 is 0 Å². The molecule has 0 aliphatic carbocycles. The average molecular weight is 341 g/mol. The molecule has 3 rings (SSSR count). The van der Waals surface area contributed by atoms with E-state index < -0.39 is 0 Å². The van der Waals surface area contributed by atoms with Crippen LogP contribution in [0, 0.1) is 6.92 Å². The first-order valence-corrected chi connectivity index (χ1v) is 8.06. The largest absolute Gasteiger partial charge is 0.463 e. The number of benzene rings is 1. The Balaban J connectivity index is 1.72. The predicted octanol–water partition coefficient (Wildman–Crippen LogP) is 0.780. The van der Waals surface area contributed by atoms with E-state index in [4.69, 9.17) is 4.42 Å². The zero-order valence-corrected chi connectivity index (χ0v) is 14.2. The lowest BCUT2D eigenvalue weighted by molar-refractivity contribution is -0.661. The molecule has 130 valence electrons. The summed E-state index contributed by atoms with van der Waals surface area (Å²) in [6.07, 6.45) is 1.60. The van der Waals surface area contributed by atoms with Gasteiger partial charge in [-0.3, -0.25) is 14.3 Å². The first kappa shape index (κ1) is 16.8. The molecule has 1 amide bonds. The molecule has 25 heavy (non-hydrogen) atoms. The summed E-state index contributed by atoms with van der Waals surface area (Å²) in [6.45, 7) is 2.59. The number of para-hydroxylation sites is 1. The van der Waals surface area contributed by atoms with Crippen LogP contribution in [0.25, 0.3) is 5.69 Å². The van der Waals surface area contributed by atoms with Gasteiger partial charge in [0.05, 0.1) is 17.6 Å². The van der Waals surface area contributed by atoms with Crippen molar-refractivity contribution in [3.8, 4) is 5.69 Å². The fourth-order valence-corrected chi connectivity index (χ4v) is 2.68. The molecule has 0 unspecified atom stereocenters. The maximum Gasteiger partial charge on any atom is 0.295 e. The summed E-state index contributed by atoms with van der Waals surface area (Å²) in [6, 6.07) is 13.0. The number of rotatable bonds is 6. The van der Waals surface area contributed by atoms with Gasteiger partial charge in [-0.1, -0.05) is 18.2 Å². The van der Waals surface area contributed by atoms with Crippen LogP contribution in [0.3, 0.4) is 0 Å². The van der Waals surface area contributed by atoms with E-state index in [9.17, 15) is 9.59 Å². The summed E-state index contributed by atoms with van der Waals surface area (Å²) in [7, 11) is 1.79. The van der Waals surface area contributed by atoms with Gasteiger partial charge in [-0.15, -0.1) is 0 Å². The maximum absolute atomic E-state index is 12.7. The minimum Gasteiger partial charge on any atom is -0.463 e. The number of aromatic nitrogens is 2. The standard InChI is InChI=1S/C18H20N4O3/c1-13-17(20-16(23)12-19-11-15-9-6-10-25-15)18(24)22(21(13)2)14-7-4-3-5-8-14/h3-10,19H,11-12H2,1-2H3,(H,20,23)/p+1. The highest BCUT2D eigenvalue weighted by Gasteiger charge is 2.18. The molecule has 7 heteroatoms. The van der Waals surface area contributed by atoms with Crippen LogP contribution < -0.4 is 16.2 Å². The molecular formula is C18H21N4O3+. The van der Waals surface area contributed by atoms with Gasteiger partial charge in [0.25, 0.3) is 11.5 Å². The molecule has 2 heterocycles.